The Balaban J connectivity index is 2.19. The lowest BCUT2D eigenvalue weighted by atomic mass is 10.1. The van der Waals surface area contributed by atoms with Gasteiger partial charge in [0.15, 0.2) is 0 Å². The van der Waals surface area contributed by atoms with E-state index in [1.54, 1.807) is 18.5 Å². The summed E-state index contributed by atoms with van der Waals surface area (Å²) in [5, 5.41) is 4.60. The number of rotatable bonds is 3. The fourth-order valence-electron chi connectivity index (χ4n) is 2.56. The Morgan fingerprint density at radius 2 is 2.10 bits per heavy atom. The molecular formula is C15H15ClN4O. The Kier molecular flexibility index (Phi) is 3.51. The highest BCUT2D eigenvalue weighted by Crippen LogP contribution is 2.14. The van der Waals surface area contributed by atoms with Crippen LogP contribution < -0.4 is 5.56 Å². The van der Waals surface area contributed by atoms with Gasteiger partial charge in [0.1, 0.15) is 10.8 Å². The number of hydrogen-bond acceptors (Lipinski definition) is 3. The topological polar surface area (TPSA) is 52.2 Å². The van der Waals surface area contributed by atoms with Crippen molar-refractivity contribution < 1.29 is 0 Å². The summed E-state index contributed by atoms with van der Waals surface area (Å²) in [6.07, 6.45) is 4.07. The predicted molar refractivity (Wildman–Crippen MR) is 81.9 cm³/mol. The highest BCUT2D eigenvalue weighted by Gasteiger charge is 2.13. The molecular weight excluding hydrogens is 288 g/mol. The summed E-state index contributed by atoms with van der Waals surface area (Å²) in [6, 6.07) is 5.55. The van der Waals surface area contributed by atoms with Crippen molar-refractivity contribution in [2.75, 3.05) is 0 Å². The second kappa shape index (κ2) is 5.33. The van der Waals surface area contributed by atoms with Crippen molar-refractivity contribution in [1.29, 1.82) is 0 Å². The number of aromatic nitrogens is 4. The first-order valence-corrected chi connectivity index (χ1v) is 7.16. The van der Waals surface area contributed by atoms with E-state index in [-0.39, 0.29) is 5.56 Å². The standard InChI is InChI=1S/C15H15ClN4O/c1-3-12-10(2)19(9-11-4-5-13(16)17-8-11)14-6-7-18-20(14)15(12)21/h4-8H,3,9H2,1-2H3. The van der Waals surface area contributed by atoms with Crippen LogP contribution in [0.3, 0.4) is 0 Å². The molecule has 0 bridgehead atoms. The molecule has 0 aliphatic carbocycles. The van der Waals surface area contributed by atoms with E-state index in [9.17, 15) is 4.79 Å². The average molecular weight is 303 g/mol. The van der Waals surface area contributed by atoms with Crippen molar-refractivity contribution in [3.05, 3.63) is 62.9 Å². The number of nitrogens with zero attached hydrogens (tertiary/aromatic N) is 4. The number of pyridine rings is 1. The second-order valence-corrected chi connectivity index (χ2v) is 5.29. The molecule has 0 unspecified atom stereocenters. The van der Waals surface area contributed by atoms with Crippen LogP contribution in [0.1, 0.15) is 23.7 Å². The van der Waals surface area contributed by atoms with E-state index in [1.807, 2.05) is 26.0 Å². The summed E-state index contributed by atoms with van der Waals surface area (Å²) in [5.74, 6) is 0. The maximum atomic E-state index is 12.3. The zero-order chi connectivity index (χ0) is 15.0. The van der Waals surface area contributed by atoms with Crippen LogP contribution in [0, 0.1) is 6.92 Å². The molecule has 0 amide bonds. The van der Waals surface area contributed by atoms with Gasteiger partial charge in [0.05, 0.1) is 12.7 Å². The average Bonchev–Trinajstić information content (AvgIpc) is 2.96. The van der Waals surface area contributed by atoms with Crippen molar-refractivity contribution in [1.82, 2.24) is 19.2 Å². The predicted octanol–water partition coefficient (Wildman–Crippen LogP) is 2.46. The number of halogens is 1. The summed E-state index contributed by atoms with van der Waals surface area (Å²) in [5.41, 5.74) is 3.51. The van der Waals surface area contributed by atoms with Crippen molar-refractivity contribution >= 4 is 17.2 Å². The third-order valence-electron chi connectivity index (χ3n) is 3.67. The van der Waals surface area contributed by atoms with Gasteiger partial charge in [-0.1, -0.05) is 24.6 Å². The minimum Gasteiger partial charge on any atom is -0.325 e. The summed E-state index contributed by atoms with van der Waals surface area (Å²) >= 11 is 5.82. The summed E-state index contributed by atoms with van der Waals surface area (Å²) < 4.78 is 3.54. The Hall–Kier alpha value is -2.14. The number of fused-ring (bicyclic) bond motifs is 1. The molecule has 0 N–H and O–H groups in total. The summed E-state index contributed by atoms with van der Waals surface area (Å²) in [4.78, 5) is 16.4. The van der Waals surface area contributed by atoms with Crippen LogP contribution in [-0.4, -0.2) is 19.2 Å². The molecule has 0 aromatic carbocycles. The molecule has 0 spiro atoms. The zero-order valence-electron chi connectivity index (χ0n) is 11.9. The molecule has 21 heavy (non-hydrogen) atoms. The van der Waals surface area contributed by atoms with Crippen LogP contribution in [0.25, 0.3) is 5.65 Å². The molecule has 0 saturated carbocycles. The Morgan fingerprint density at radius 3 is 2.76 bits per heavy atom. The van der Waals surface area contributed by atoms with Crippen molar-refractivity contribution in [2.45, 2.75) is 26.8 Å². The molecule has 0 aliphatic rings. The zero-order valence-corrected chi connectivity index (χ0v) is 12.6. The van der Waals surface area contributed by atoms with Crippen molar-refractivity contribution in [2.24, 2.45) is 0 Å². The molecule has 0 aliphatic heterocycles. The van der Waals surface area contributed by atoms with E-state index in [0.717, 1.165) is 22.5 Å². The normalized spacial score (nSPS) is 11.2. The minimum absolute atomic E-state index is 0.0412. The van der Waals surface area contributed by atoms with Gasteiger partial charge in [0, 0.05) is 23.5 Å². The van der Waals surface area contributed by atoms with E-state index in [4.69, 9.17) is 11.6 Å². The quantitative estimate of drug-likeness (QED) is 0.698. The molecule has 0 fully saturated rings. The van der Waals surface area contributed by atoms with E-state index in [1.165, 1.54) is 4.52 Å². The monoisotopic (exact) mass is 302 g/mol. The largest absolute Gasteiger partial charge is 0.325 e. The van der Waals surface area contributed by atoms with Crippen LogP contribution in [0.15, 0.2) is 35.4 Å². The van der Waals surface area contributed by atoms with E-state index in [0.29, 0.717) is 18.1 Å². The molecule has 3 rings (SSSR count). The fraction of sp³-hybridized carbons (Fsp3) is 0.267. The smallest absolute Gasteiger partial charge is 0.277 e. The Bertz CT molecular complexity index is 848. The first-order chi connectivity index (χ1) is 10.1. The van der Waals surface area contributed by atoms with Crippen molar-refractivity contribution in [3.63, 3.8) is 0 Å². The lowest BCUT2D eigenvalue weighted by Gasteiger charge is -2.15. The second-order valence-electron chi connectivity index (χ2n) is 4.90. The van der Waals surface area contributed by atoms with Gasteiger partial charge in [0.2, 0.25) is 0 Å². The van der Waals surface area contributed by atoms with E-state index >= 15 is 0 Å². The minimum atomic E-state index is -0.0412. The summed E-state index contributed by atoms with van der Waals surface area (Å²) in [6.45, 7) is 4.57. The van der Waals surface area contributed by atoms with Gasteiger partial charge in [-0.25, -0.2) is 4.98 Å². The van der Waals surface area contributed by atoms with Crippen molar-refractivity contribution in [3.8, 4) is 0 Å². The van der Waals surface area contributed by atoms with Gasteiger partial charge >= 0.3 is 0 Å². The third kappa shape index (κ3) is 2.34. The van der Waals surface area contributed by atoms with E-state index in [2.05, 4.69) is 14.6 Å². The van der Waals surface area contributed by atoms with Gasteiger partial charge in [-0.15, -0.1) is 0 Å². The van der Waals surface area contributed by atoms with Gasteiger partial charge < -0.3 is 4.57 Å². The Labute approximate surface area is 126 Å². The van der Waals surface area contributed by atoms with E-state index < -0.39 is 0 Å². The van der Waals surface area contributed by atoms with Gasteiger partial charge in [0.25, 0.3) is 5.56 Å². The molecule has 0 atom stereocenters. The molecule has 3 aromatic heterocycles. The van der Waals surface area contributed by atoms with Crippen LogP contribution >= 0.6 is 11.6 Å². The lowest BCUT2D eigenvalue weighted by molar-refractivity contribution is 0.717. The van der Waals surface area contributed by atoms with Crippen LogP contribution in [0.5, 0.6) is 0 Å². The molecule has 0 saturated heterocycles. The third-order valence-corrected chi connectivity index (χ3v) is 3.90. The van der Waals surface area contributed by atoms with Crippen LogP contribution in [0.4, 0.5) is 0 Å². The van der Waals surface area contributed by atoms with Gasteiger partial charge in [-0.05, 0) is 25.0 Å². The first kappa shape index (κ1) is 13.8. The fourth-order valence-corrected chi connectivity index (χ4v) is 2.68. The Morgan fingerprint density at radius 1 is 1.29 bits per heavy atom. The van der Waals surface area contributed by atoms with Crippen LogP contribution in [-0.2, 0) is 13.0 Å². The molecule has 0 radical (unpaired) electrons. The molecule has 3 aromatic rings. The highest BCUT2D eigenvalue weighted by atomic mass is 35.5. The maximum Gasteiger partial charge on any atom is 0.277 e. The molecule has 108 valence electrons. The van der Waals surface area contributed by atoms with Crippen LogP contribution in [0.2, 0.25) is 5.15 Å². The molecule has 3 heterocycles. The SMILES string of the molecule is CCc1c(C)n(Cc2ccc(Cl)nc2)c2ccnn2c1=O. The molecule has 5 nitrogen and oxygen atoms in total. The van der Waals surface area contributed by atoms with Gasteiger partial charge in [-0.2, -0.15) is 9.61 Å². The first-order valence-electron chi connectivity index (χ1n) is 6.78. The lowest BCUT2D eigenvalue weighted by Crippen LogP contribution is -2.25. The highest BCUT2D eigenvalue weighted by molar-refractivity contribution is 6.29. The molecule has 6 heteroatoms. The summed E-state index contributed by atoms with van der Waals surface area (Å²) in [7, 11) is 0. The number of hydrogen-bond donors (Lipinski definition) is 0. The maximum absolute atomic E-state index is 12.3. The van der Waals surface area contributed by atoms with Gasteiger partial charge in [-0.3, -0.25) is 4.79 Å².